The Hall–Kier alpha value is -3.05. The number of rotatable bonds is 6. The number of hydrogen-bond donors (Lipinski definition) is 1. The second-order valence-corrected chi connectivity index (χ2v) is 7.37. The minimum Gasteiger partial charge on any atom is -0.493 e. The van der Waals surface area contributed by atoms with Crippen LogP contribution in [0.4, 0.5) is 5.82 Å². The van der Waals surface area contributed by atoms with Crippen molar-refractivity contribution >= 4 is 5.82 Å². The van der Waals surface area contributed by atoms with Gasteiger partial charge in [-0.05, 0) is 48.2 Å². The number of nitrogens with two attached hydrogens (primary N) is 1. The normalized spacial score (nSPS) is 14.6. The van der Waals surface area contributed by atoms with Crippen LogP contribution >= 0.6 is 0 Å². The van der Waals surface area contributed by atoms with Gasteiger partial charge in [0.25, 0.3) is 0 Å². The van der Waals surface area contributed by atoms with Gasteiger partial charge in [0.2, 0.25) is 0 Å². The third-order valence-electron chi connectivity index (χ3n) is 5.35. The lowest BCUT2D eigenvalue weighted by molar-refractivity contribution is 0.284. The van der Waals surface area contributed by atoms with Crippen molar-refractivity contribution in [2.45, 2.75) is 25.5 Å². The number of ether oxygens (including phenoxy) is 2. The molecular weight excluding hydrogens is 362 g/mol. The largest absolute Gasteiger partial charge is 0.493 e. The molecule has 1 aromatic heterocycles. The van der Waals surface area contributed by atoms with E-state index in [1.807, 2.05) is 54.7 Å². The van der Waals surface area contributed by atoms with Gasteiger partial charge in [-0.15, -0.1) is 0 Å². The second-order valence-electron chi connectivity index (χ2n) is 7.37. The topological polar surface area (TPSA) is 60.6 Å². The van der Waals surface area contributed by atoms with Gasteiger partial charge in [-0.1, -0.05) is 36.4 Å². The summed E-state index contributed by atoms with van der Waals surface area (Å²) in [6, 6.07) is 20.6. The molecule has 3 aromatic rings. The molecule has 1 aliphatic heterocycles. The van der Waals surface area contributed by atoms with Gasteiger partial charge in [0, 0.05) is 30.9 Å². The molecule has 2 aromatic carbocycles. The zero-order valence-corrected chi connectivity index (χ0v) is 16.8. The third-order valence-corrected chi connectivity index (χ3v) is 5.35. The van der Waals surface area contributed by atoms with Gasteiger partial charge in [-0.25, -0.2) is 4.98 Å². The van der Waals surface area contributed by atoms with Gasteiger partial charge in [-0.2, -0.15) is 0 Å². The molecule has 0 amide bonds. The van der Waals surface area contributed by atoms with Crippen molar-refractivity contribution in [1.82, 2.24) is 4.98 Å². The Bertz CT molecular complexity index is 921. The standard InChI is InChI=1S/C24H27N3O2/c1-28-22-9-7-19(15-23(22)29-17-18-5-3-2-4-6-18)20-8-10-24(26-16-20)27-13-11-21(25)12-14-27/h2-10,15-16,21H,11-14,17,25H2,1H3. The molecule has 5 heteroatoms. The Labute approximate surface area is 172 Å². The van der Waals surface area contributed by atoms with E-state index in [4.69, 9.17) is 15.2 Å². The van der Waals surface area contributed by atoms with Crippen LogP contribution in [0.25, 0.3) is 11.1 Å². The van der Waals surface area contributed by atoms with Gasteiger partial charge in [0.05, 0.1) is 7.11 Å². The molecule has 5 nitrogen and oxygen atoms in total. The third kappa shape index (κ3) is 4.69. The first-order valence-electron chi connectivity index (χ1n) is 10.0. The number of piperidine rings is 1. The fourth-order valence-electron chi connectivity index (χ4n) is 3.58. The number of anilines is 1. The molecule has 0 bridgehead atoms. The first-order chi connectivity index (χ1) is 14.2. The van der Waals surface area contributed by atoms with E-state index in [-0.39, 0.29) is 0 Å². The highest BCUT2D eigenvalue weighted by atomic mass is 16.5. The van der Waals surface area contributed by atoms with Gasteiger partial charge in [0.15, 0.2) is 11.5 Å². The van der Waals surface area contributed by atoms with Crippen LogP contribution in [0.15, 0.2) is 66.9 Å². The highest BCUT2D eigenvalue weighted by Gasteiger charge is 2.17. The predicted molar refractivity (Wildman–Crippen MR) is 116 cm³/mol. The van der Waals surface area contributed by atoms with Crippen molar-refractivity contribution in [3.63, 3.8) is 0 Å². The number of methoxy groups -OCH3 is 1. The van der Waals surface area contributed by atoms with Crippen molar-refractivity contribution in [3.8, 4) is 22.6 Å². The number of benzene rings is 2. The van der Waals surface area contributed by atoms with Crippen LogP contribution < -0.4 is 20.1 Å². The molecule has 1 fully saturated rings. The molecule has 0 spiro atoms. The Morgan fingerprint density at radius 2 is 1.72 bits per heavy atom. The molecule has 150 valence electrons. The summed E-state index contributed by atoms with van der Waals surface area (Å²) in [5.41, 5.74) is 9.22. The molecule has 0 saturated carbocycles. The second kappa shape index (κ2) is 8.97. The number of aromatic nitrogens is 1. The molecule has 0 unspecified atom stereocenters. The van der Waals surface area contributed by atoms with Gasteiger partial charge in [-0.3, -0.25) is 0 Å². The lowest BCUT2D eigenvalue weighted by atomic mass is 10.1. The molecule has 0 aliphatic carbocycles. The van der Waals surface area contributed by atoms with E-state index >= 15 is 0 Å². The summed E-state index contributed by atoms with van der Waals surface area (Å²) >= 11 is 0. The van der Waals surface area contributed by atoms with E-state index in [9.17, 15) is 0 Å². The fourth-order valence-corrected chi connectivity index (χ4v) is 3.58. The minimum absolute atomic E-state index is 0.319. The van der Waals surface area contributed by atoms with Crippen LogP contribution in [0.3, 0.4) is 0 Å². The van der Waals surface area contributed by atoms with E-state index in [0.29, 0.717) is 12.6 Å². The van der Waals surface area contributed by atoms with Crippen LogP contribution in [-0.2, 0) is 6.61 Å². The van der Waals surface area contributed by atoms with E-state index < -0.39 is 0 Å². The molecular formula is C24H27N3O2. The van der Waals surface area contributed by atoms with Gasteiger partial charge < -0.3 is 20.1 Å². The van der Waals surface area contributed by atoms with E-state index in [0.717, 1.165) is 59.9 Å². The maximum Gasteiger partial charge on any atom is 0.162 e. The van der Waals surface area contributed by atoms with E-state index in [1.54, 1.807) is 7.11 Å². The maximum atomic E-state index is 6.04. The summed E-state index contributed by atoms with van der Waals surface area (Å²) in [6.07, 6.45) is 3.96. The quantitative estimate of drug-likeness (QED) is 0.682. The highest BCUT2D eigenvalue weighted by molar-refractivity contribution is 5.67. The van der Waals surface area contributed by atoms with Crippen molar-refractivity contribution in [1.29, 1.82) is 0 Å². The summed E-state index contributed by atoms with van der Waals surface area (Å²) < 4.78 is 11.5. The van der Waals surface area contributed by atoms with Crippen molar-refractivity contribution in [3.05, 3.63) is 72.4 Å². The van der Waals surface area contributed by atoms with Crippen LogP contribution in [0, 0.1) is 0 Å². The number of hydrogen-bond acceptors (Lipinski definition) is 5. The van der Waals surface area contributed by atoms with Crippen LogP contribution in [0.5, 0.6) is 11.5 Å². The highest BCUT2D eigenvalue weighted by Crippen LogP contribution is 2.33. The SMILES string of the molecule is COc1ccc(-c2ccc(N3CCC(N)CC3)nc2)cc1OCc1ccccc1. The first kappa shape index (κ1) is 19.3. The fraction of sp³-hybridized carbons (Fsp3) is 0.292. The minimum atomic E-state index is 0.319. The zero-order valence-electron chi connectivity index (χ0n) is 16.8. The van der Waals surface area contributed by atoms with Crippen LogP contribution in [0.1, 0.15) is 18.4 Å². The first-order valence-corrected chi connectivity index (χ1v) is 10.0. The summed E-state index contributed by atoms with van der Waals surface area (Å²) in [5.74, 6) is 2.46. The Morgan fingerprint density at radius 1 is 0.966 bits per heavy atom. The molecule has 1 aliphatic rings. The summed E-state index contributed by atoms with van der Waals surface area (Å²) in [4.78, 5) is 6.98. The number of pyridine rings is 1. The Balaban J connectivity index is 1.50. The number of nitrogens with zero attached hydrogens (tertiary/aromatic N) is 2. The summed E-state index contributed by atoms with van der Waals surface area (Å²) in [5, 5.41) is 0. The van der Waals surface area contributed by atoms with Crippen molar-refractivity contribution in [2.24, 2.45) is 5.73 Å². The molecule has 29 heavy (non-hydrogen) atoms. The molecule has 0 atom stereocenters. The zero-order chi connectivity index (χ0) is 20.1. The van der Waals surface area contributed by atoms with Crippen LogP contribution in [-0.4, -0.2) is 31.2 Å². The average Bonchev–Trinajstić information content (AvgIpc) is 2.79. The Morgan fingerprint density at radius 3 is 2.41 bits per heavy atom. The monoisotopic (exact) mass is 389 g/mol. The molecule has 2 heterocycles. The van der Waals surface area contributed by atoms with Crippen LogP contribution in [0.2, 0.25) is 0 Å². The molecule has 2 N–H and O–H groups in total. The van der Waals surface area contributed by atoms with Gasteiger partial charge >= 0.3 is 0 Å². The predicted octanol–water partition coefficient (Wildman–Crippen LogP) is 4.26. The van der Waals surface area contributed by atoms with Crippen molar-refractivity contribution < 1.29 is 9.47 Å². The molecule has 0 radical (unpaired) electrons. The lowest BCUT2D eigenvalue weighted by Gasteiger charge is -2.31. The van der Waals surface area contributed by atoms with E-state index in [1.165, 1.54) is 0 Å². The Kier molecular flexibility index (Phi) is 5.96. The molecule has 1 saturated heterocycles. The average molecular weight is 389 g/mol. The van der Waals surface area contributed by atoms with E-state index in [2.05, 4.69) is 22.0 Å². The maximum absolute atomic E-state index is 6.04. The summed E-state index contributed by atoms with van der Waals surface area (Å²) in [7, 11) is 1.66. The summed E-state index contributed by atoms with van der Waals surface area (Å²) in [6.45, 7) is 2.43. The van der Waals surface area contributed by atoms with Crippen molar-refractivity contribution in [2.75, 3.05) is 25.1 Å². The van der Waals surface area contributed by atoms with Gasteiger partial charge in [0.1, 0.15) is 12.4 Å². The lowest BCUT2D eigenvalue weighted by Crippen LogP contribution is -2.40. The smallest absolute Gasteiger partial charge is 0.162 e. The molecule has 4 rings (SSSR count).